The van der Waals surface area contributed by atoms with E-state index in [4.69, 9.17) is 15.2 Å². The summed E-state index contributed by atoms with van der Waals surface area (Å²) >= 11 is 3.28. The number of rotatable bonds is 3. The number of halogens is 1. The first kappa shape index (κ1) is 12.6. The lowest BCUT2D eigenvalue weighted by Gasteiger charge is -2.11. The molecule has 0 radical (unpaired) electrons. The van der Waals surface area contributed by atoms with Crippen LogP contribution in [0.3, 0.4) is 0 Å². The fourth-order valence-corrected chi connectivity index (χ4v) is 1.69. The summed E-state index contributed by atoms with van der Waals surface area (Å²) in [6.07, 6.45) is 1.34. The van der Waals surface area contributed by atoms with Gasteiger partial charge in [0.25, 0.3) is 0 Å². The molecule has 0 unspecified atom stereocenters. The van der Waals surface area contributed by atoms with Gasteiger partial charge in [-0.1, -0.05) is 6.07 Å². The summed E-state index contributed by atoms with van der Waals surface area (Å²) in [5, 5.41) is 0. The summed E-state index contributed by atoms with van der Waals surface area (Å²) < 4.78 is 11.4. The number of anilines is 1. The first-order valence-corrected chi connectivity index (χ1v) is 5.99. The van der Waals surface area contributed by atoms with Gasteiger partial charge in [-0.25, -0.2) is 9.97 Å². The Balaban J connectivity index is 2.37. The van der Waals surface area contributed by atoms with Crippen LogP contribution < -0.4 is 15.2 Å². The summed E-state index contributed by atoms with van der Waals surface area (Å²) in [5.41, 5.74) is 6.74. The van der Waals surface area contributed by atoms with E-state index in [0.717, 1.165) is 5.56 Å². The van der Waals surface area contributed by atoms with E-state index in [-0.39, 0.29) is 0 Å². The van der Waals surface area contributed by atoms with Crippen LogP contribution in [0.1, 0.15) is 5.56 Å². The zero-order valence-electron chi connectivity index (χ0n) is 9.98. The molecule has 0 bridgehead atoms. The van der Waals surface area contributed by atoms with Crippen LogP contribution in [0.15, 0.2) is 29.0 Å². The van der Waals surface area contributed by atoms with Gasteiger partial charge in [-0.05, 0) is 40.5 Å². The summed E-state index contributed by atoms with van der Waals surface area (Å²) in [4.78, 5) is 7.86. The third-order valence-corrected chi connectivity index (χ3v) is 3.06. The van der Waals surface area contributed by atoms with Crippen LogP contribution in [0.5, 0.6) is 17.4 Å². The number of aryl methyl sites for hydroxylation is 1. The van der Waals surface area contributed by atoms with E-state index in [1.165, 1.54) is 6.33 Å². The fraction of sp³-hybridized carbons (Fsp3) is 0.167. The minimum Gasteiger partial charge on any atom is -0.493 e. The molecule has 0 atom stereocenters. The number of aromatic nitrogens is 2. The molecular formula is C12H12BrN3O2. The Morgan fingerprint density at radius 3 is 2.72 bits per heavy atom. The van der Waals surface area contributed by atoms with Crippen LogP contribution in [-0.2, 0) is 0 Å². The standard InChI is InChI=1S/C12H12BrN3O2/c1-7-3-4-8(9(5-7)17-2)18-12-10(13)11(14)15-6-16-12/h3-6H,1-2H3,(H2,14,15,16). The number of nitrogens with zero attached hydrogens (tertiary/aromatic N) is 2. The Bertz CT molecular complexity index is 575. The van der Waals surface area contributed by atoms with Crippen molar-refractivity contribution >= 4 is 21.7 Å². The molecule has 2 aromatic rings. The van der Waals surface area contributed by atoms with Gasteiger partial charge in [0, 0.05) is 0 Å². The molecule has 2 rings (SSSR count). The Morgan fingerprint density at radius 1 is 1.22 bits per heavy atom. The van der Waals surface area contributed by atoms with E-state index in [9.17, 15) is 0 Å². The first-order valence-electron chi connectivity index (χ1n) is 5.20. The third-order valence-electron chi connectivity index (χ3n) is 2.31. The SMILES string of the molecule is COc1cc(C)ccc1Oc1ncnc(N)c1Br. The molecule has 0 aliphatic carbocycles. The lowest BCUT2D eigenvalue weighted by Crippen LogP contribution is -1.98. The van der Waals surface area contributed by atoms with E-state index < -0.39 is 0 Å². The van der Waals surface area contributed by atoms with Gasteiger partial charge in [-0.15, -0.1) is 0 Å². The predicted molar refractivity (Wildman–Crippen MR) is 71.9 cm³/mol. The van der Waals surface area contributed by atoms with Crippen molar-refractivity contribution in [3.05, 3.63) is 34.6 Å². The zero-order valence-corrected chi connectivity index (χ0v) is 11.6. The van der Waals surface area contributed by atoms with Crippen LogP contribution in [0.2, 0.25) is 0 Å². The fourth-order valence-electron chi connectivity index (χ4n) is 1.40. The van der Waals surface area contributed by atoms with Crippen LogP contribution in [0.25, 0.3) is 0 Å². The van der Waals surface area contributed by atoms with E-state index >= 15 is 0 Å². The lowest BCUT2D eigenvalue weighted by molar-refractivity contribution is 0.373. The normalized spacial score (nSPS) is 10.2. The Labute approximate surface area is 113 Å². The highest BCUT2D eigenvalue weighted by Crippen LogP contribution is 2.35. The molecule has 2 N–H and O–H groups in total. The average Bonchev–Trinajstić information content (AvgIpc) is 2.37. The van der Waals surface area contributed by atoms with Crippen molar-refractivity contribution in [3.8, 4) is 17.4 Å². The average molecular weight is 310 g/mol. The van der Waals surface area contributed by atoms with Gasteiger partial charge in [0.1, 0.15) is 16.6 Å². The number of hydrogen-bond donors (Lipinski definition) is 1. The molecule has 1 heterocycles. The van der Waals surface area contributed by atoms with Crippen molar-refractivity contribution in [2.45, 2.75) is 6.92 Å². The molecule has 0 amide bonds. The smallest absolute Gasteiger partial charge is 0.239 e. The molecule has 0 spiro atoms. The number of ether oxygens (including phenoxy) is 2. The summed E-state index contributed by atoms with van der Waals surface area (Å²) in [5.74, 6) is 1.89. The van der Waals surface area contributed by atoms with E-state index in [1.54, 1.807) is 7.11 Å². The maximum atomic E-state index is 5.66. The van der Waals surface area contributed by atoms with Crippen molar-refractivity contribution in [3.63, 3.8) is 0 Å². The molecule has 1 aromatic heterocycles. The van der Waals surface area contributed by atoms with Gasteiger partial charge in [-0.2, -0.15) is 0 Å². The molecule has 5 nitrogen and oxygen atoms in total. The zero-order chi connectivity index (χ0) is 13.1. The molecule has 0 aliphatic rings. The molecule has 0 aliphatic heterocycles. The van der Waals surface area contributed by atoms with Crippen LogP contribution in [0, 0.1) is 6.92 Å². The second-order valence-corrected chi connectivity index (χ2v) is 4.43. The van der Waals surface area contributed by atoms with E-state index in [0.29, 0.717) is 27.7 Å². The molecule has 6 heteroatoms. The van der Waals surface area contributed by atoms with Crippen molar-refractivity contribution in [2.24, 2.45) is 0 Å². The van der Waals surface area contributed by atoms with Gasteiger partial charge in [0.2, 0.25) is 5.88 Å². The summed E-state index contributed by atoms with van der Waals surface area (Å²) in [6.45, 7) is 1.98. The van der Waals surface area contributed by atoms with Gasteiger partial charge >= 0.3 is 0 Å². The highest BCUT2D eigenvalue weighted by atomic mass is 79.9. The van der Waals surface area contributed by atoms with Crippen molar-refractivity contribution < 1.29 is 9.47 Å². The molecule has 0 fully saturated rings. The highest BCUT2D eigenvalue weighted by molar-refractivity contribution is 9.10. The second kappa shape index (κ2) is 5.22. The van der Waals surface area contributed by atoms with Crippen LogP contribution >= 0.6 is 15.9 Å². The quantitative estimate of drug-likeness (QED) is 0.944. The van der Waals surface area contributed by atoms with Gasteiger partial charge < -0.3 is 15.2 Å². The number of nitrogens with two attached hydrogens (primary N) is 1. The maximum Gasteiger partial charge on any atom is 0.239 e. The Morgan fingerprint density at radius 2 is 2.00 bits per heavy atom. The number of benzene rings is 1. The lowest BCUT2D eigenvalue weighted by atomic mass is 10.2. The van der Waals surface area contributed by atoms with Gasteiger partial charge in [-0.3, -0.25) is 0 Å². The van der Waals surface area contributed by atoms with Gasteiger partial charge in [0.15, 0.2) is 11.5 Å². The number of hydrogen-bond acceptors (Lipinski definition) is 5. The predicted octanol–water partition coefficient (Wildman–Crippen LogP) is 2.93. The highest BCUT2D eigenvalue weighted by Gasteiger charge is 2.11. The summed E-state index contributed by atoms with van der Waals surface area (Å²) in [6, 6.07) is 5.63. The molecule has 94 valence electrons. The second-order valence-electron chi connectivity index (χ2n) is 3.63. The minimum absolute atomic E-state index is 0.325. The monoisotopic (exact) mass is 309 g/mol. The number of nitrogen functional groups attached to an aromatic ring is 1. The third kappa shape index (κ3) is 2.53. The molecule has 0 saturated heterocycles. The van der Waals surface area contributed by atoms with Gasteiger partial charge in [0.05, 0.1) is 7.11 Å². The van der Waals surface area contributed by atoms with Crippen molar-refractivity contribution in [1.82, 2.24) is 9.97 Å². The molecule has 18 heavy (non-hydrogen) atoms. The molecule has 0 saturated carbocycles. The van der Waals surface area contributed by atoms with E-state index in [1.807, 2.05) is 25.1 Å². The first-order chi connectivity index (χ1) is 8.61. The maximum absolute atomic E-state index is 5.66. The van der Waals surface area contributed by atoms with Crippen LogP contribution in [0.4, 0.5) is 5.82 Å². The Kier molecular flexibility index (Phi) is 3.66. The minimum atomic E-state index is 0.325. The summed E-state index contributed by atoms with van der Waals surface area (Å²) in [7, 11) is 1.59. The molecule has 1 aromatic carbocycles. The van der Waals surface area contributed by atoms with Crippen LogP contribution in [-0.4, -0.2) is 17.1 Å². The van der Waals surface area contributed by atoms with E-state index in [2.05, 4.69) is 25.9 Å². The van der Waals surface area contributed by atoms with Crippen molar-refractivity contribution in [1.29, 1.82) is 0 Å². The van der Waals surface area contributed by atoms with Crippen molar-refractivity contribution in [2.75, 3.05) is 12.8 Å². The number of methoxy groups -OCH3 is 1. The topological polar surface area (TPSA) is 70.3 Å². The molecular weight excluding hydrogens is 298 g/mol. The largest absolute Gasteiger partial charge is 0.493 e. The Hall–Kier alpha value is -1.82.